The monoisotopic (exact) mass is 303 g/mol. The van der Waals surface area contributed by atoms with Crippen LogP contribution >= 0.6 is 0 Å². The molecule has 0 N–H and O–H groups in total. The zero-order chi connectivity index (χ0) is 14.6. The number of hydrogen-bond acceptors (Lipinski definition) is 4. The van der Waals surface area contributed by atoms with Crippen LogP contribution in [-0.4, -0.2) is 80.1 Å². The van der Waals surface area contributed by atoms with Gasteiger partial charge in [0, 0.05) is 45.3 Å². The standard InChI is InChI=1S/C14H29N3O2S/c1-14(2)16-11-9-15(10-12-16)6-5-13-20(18,19)17-7-3-4-8-17/h14H,3-13H2,1-2H3. The van der Waals surface area contributed by atoms with E-state index < -0.39 is 10.0 Å². The number of hydrogen-bond donors (Lipinski definition) is 0. The molecule has 0 bridgehead atoms. The molecule has 0 amide bonds. The molecule has 5 nitrogen and oxygen atoms in total. The molecule has 0 aliphatic carbocycles. The van der Waals surface area contributed by atoms with E-state index in [0.717, 1.165) is 65.1 Å². The maximum atomic E-state index is 12.1. The minimum Gasteiger partial charge on any atom is -0.301 e. The van der Waals surface area contributed by atoms with Gasteiger partial charge >= 0.3 is 0 Å². The number of piperazine rings is 1. The van der Waals surface area contributed by atoms with Crippen molar-refractivity contribution in [2.24, 2.45) is 0 Å². The van der Waals surface area contributed by atoms with Gasteiger partial charge in [-0.25, -0.2) is 12.7 Å². The van der Waals surface area contributed by atoms with E-state index in [1.165, 1.54) is 0 Å². The Hall–Kier alpha value is -0.170. The molecule has 0 unspecified atom stereocenters. The minimum atomic E-state index is -2.99. The lowest BCUT2D eigenvalue weighted by molar-refractivity contribution is 0.109. The second kappa shape index (κ2) is 7.20. The zero-order valence-corrected chi connectivity index (χ0v) is 13.7. The summed E-state index contributed by atoms with van der Waals surface area (Å²) in [7, 11) is -2.99. The Balaban J connectivity index is 1.66. The first-order chi connectivity index (χ1) is 9.49. The van der Waals surface area contributed by atoms with Gasteiger partial charge in [0.1, 0.15) is 0 Å². The molecule has 0 aromatic heterocycles. The van der Waals surface area contributed by atoms with Crippen LogP contribution in [0.4, 0.5) is 0 Å². The maximum Gasteiger partial charge on any atom is 0.214 e. The summed E-state index contributed by atoms with van der Waals surface area (Å²) in [6, 6.07) is 0.618. The molecule has 6 heteroatoms. The Labute approximate surface area is 124 Å². The molecule has 118 valence electrons. The van der Waals surface area contributed by atoms with Gasteiger partial charge in [-0.15, -0.1) is 0 Å². The summed E-state index contributed by atoms with van der Waals surface area (Å²) in [4.78, 5) is 4.88. The third kappa shape index (κ3) is 4.41. The molecule has 0 spiro atoms. The SMILES string of the molecule is CC(C)N1CCN(CCCS(=O)(=O)N2CCCC2)CC1. The average molecular weight is 303 g/mol. The molecule has 20 heavy (non-hydrogen) atoms. The Morgan fingerprint density at radius 2 is 1.55 bits per heavy atom. The smallest absolute Gasteiger partial charge is 0.214 e. The summed E-state index contributed by atoms with van der Waals surface area (Å²) in [5, 5.41) is 0. The molecule has 2 heterocycles. The Morgan fingerprint density at radius 3 is 2.10 bits per heavy atom. The molecule has 2 fully saturated rings. The van der Waals surface area contributed by atoms with Gasteiger partial charge in [-0.1, -0.05) is 0 Å². The highest BCUT2D eigenvalue weighted by Crippen LogP contribution is 2.14. The molecule has 0 aromatic rings. The Kier molecular flexibility index (Phi) is 5.84. The molecule has 0 saturated carbocycles. The fourth-order valence-corrected chi connectivity index (χ4v) is 4.64. The van der Waals surface area contributed by atoms with Crippen LogP contribution in [0.15, 0.2) is 0 Å². The normalized spacial score (nSPS) is 23.8. The van der Waals surface area contributed by atoms with Gasteiger partial charge < -0.3 is 4.90 Å². The van der Waals surface area contributed by atoms with Crippen molar-refractivity contribution >= 4 is 10.0 Å². The quantitative estimate of drug-likeness (QED) is 0.729. The molecular weight excluding hydrogens is 274 g/mol. The van der Waals surface area contributed by atoms with Crippen LogP contribution in [0.5, 0.6) is 0 Å². The van der Waals surface area contributed by atoms with Crippen LogP contribution < -0.4 is 0 Å². The Bertz CT molecular complexity index is 383. The van der Waals surface area contributed by atoms with Crippen molar-refractivity contribution in [3.63, 3.8) is 0 Å². The van der Waals surface area contributed by atoms with E-state index in [1.807, 2.05) is 0 Å². The first kappa shape index (κ1) is 16.2. The molecule has 0 aromatic carbocycles. The zero-order valence-electron chi connectivity index (χ0n) is 12.9. The lowest BCUT2D eigenvalue weighted by Crippen LogP contribution is -2.49. The summed E-state index contributed by atoms with van der Waals surface area (Å²) in [6.07, 6.45) is 2.81. The lowest BCUT2D eigenvalue weighted by Gasteiger charge is -2.36. The van der Waals surface area contributed by atoms with Crippen molar-refractivity contribution in [3.05, 3.63) is 0 Å². The largest absolute Gasteiger partial charge is 0.301 e. The minimum absolute atomic E-state index is 0.317. The van der Waals surface area contributed by atoms with Gasteiger partial charge in [-0.3, -0.25) is 4.90 Å². The highest BCUT2D eigenvalue weighted by atomic mass is 32.2. The maximum absolute atomic E-state index is 12.1. The van der Waals surface area contributed by atoms with Gasteiger partial charge in [-0.2, -0.15) is 0 Å². The van der Waals surface area contributed by atoms with E-state index in [4.69, 9.17) is 0 Å². The van der Waals surface area contributed by atoms with E-state index in [9.17, 15) is 8.42 Å². The van der Waals surface area contributed by atoms with E-state index in [2.05, 4.69) is 23.6 Å². The van der Waals surface area contributed by atoms with Crippen molar-refractivity contribution in [1.29, 1.82) is 0 Å². The molecule has 2 aliphatic rings. The van der Waals surface area contributed by atoms with Gasteiger partial charge in [0.15, 0.2) is 0 Å². The topological polar surface area (TPSA) is 43.9 Å². The molecule has 0 radical (unpaired) electrons. The van der Waals surface area contributed by atoms with Crippen molar-refractivity contribution < 1.29 is 8.42 Å². The summed E-state index contributed by atoms with van der Waals surface area (Å²) < 4.78 is 25.9. The summed E-state index contributed by atoms with van der Waals surface area (Å²) in [6.45, 7) is 11.2. The van der Waals surface area contributed by atoms with Crippen LogP contribution in [0, 0.1) is 0 Å². The molecular formula is C14H29N3O2S. The third-order valence-corrected chi connectivity index (χ3v) is 6.43. The van der Waals surface area contributed by atoms with Crippen LogP contribution in [0.3, 0.4) is 0 Å². The number of rotatable bonds is 6. The van der Waals surface area contributed by atoms with Gasteiger partial charge in [0.05, 0.1) is 5.75 Å². The first-order valence-electron chi connectivity index (χ1n) is 7.93. The number of sulfonamides is 1. The van der Waals surface area contributed by atoms with Crippen molar-refractivity contribution in [2.75, 3.05) is 51.6 Å². The second-order valence-corrected chi connectivity index (χ2v) is 8.34. The van der Waals surface area contributed by atoms with Gasteiger partial charge in [0.25, 0.3) is 0 Å². The highest BCUT2D eigenvalue weighted by molar-refractivity contribution is 7.89. The van der Waals surface area contributed by atoms with E-state index in [1.54, 1.807) is 4.31 Å². The van der Waals surface area contributed by atoms with E-state index in [-0.39, 0.29) is 0 Å². The van der Waals surface area contributed by atoms with Crippen LogP contribution in [0.1, 0.15) is 33.1 Å². The predicted molar refractivity (Wildman–Crippen MR) is 82.4 cm³/mol. The van der Waals surface area contributed by atoms with E-state index in [0.29, 0.717) is 11.8 Å². The summed E-state index contributed by atoms with van der Waals surface area (Å²) >= 11 is 0. The van der Waals surface area contributed by atoms with Crippen molar-refractivity contribution in [2.45, 2.75) is 39.2 Å². The van der Waals surface area contributed by atoms with Crippen molar-refractivity contribution in [3.8, 4) is 0 Å². The predicted octanol–water partition coefficient (Wildman–Crippen LogP) is 0.828. The Morgan fingerprint density at radius 1 is 0.950 bits per heavy atom. The van der Waals surface area contributed by atoms with Crippen molar-refractivity contribution in [1.82, 2.24) is 14.1 Å². The fourth-order valence-electron chi connectivity index (χ4n) is 3.07. The summed E-state index contributed by atoms with van der Waals surface area (Å²) in [5.41, 5.74) is 0. The summed E-state index contributed by atoms with van der Waals surface area (Å²) in [5.74, 6) is 0.317. The van der Waals surface area contributed by atoms with Crippen LogP contribution in [0.25, 0.3) is 0 Å². The molecule has 2 saturated heterocycles. The molecule has 2 aliphatic heterocycles. The lowest BCUT2D eigenvalue weighted by atomic mass is 10.2. The second-order valence-electron chi connectivity index (χ2n) is 6.25. The van der Waals surface area contributed by atoms with E-state index >= 15 is 0 Å². The number of nitrogens with zero attached hydrogens (tertiary/aromatic N) is 3. The molecule has 2 rings (SSSR count). The molecule has 0 atom stereocenters. The van der Waals surface area contributed by atoms with Gasteiger partial charge in [-0.05, 0) is 39.7 Å². The van der Waals surface area contributed by atoms with Crippen LogP contribution in [0.2, 0.25) is 0 Å². The highest BCUT2D eigenvalue weighted by Gasteiger charge is 2.25. The average Bonchev–Trinajstić information content (AvgIpc) is 2.94. The van der Waals surface area contributed by atoms with Crippen LogP contribution in [-0.2, 0) is 10.0 Å². The van der Waals surface area contributed by atoms with Gasteiger partial charge in [0.2, 0.25) is 10.0 Å². The fraction of sp³-hybridized carbons (Fsp3) is 1.00. The third-order valence-electron chi connectivity index (χ3n) is 4.47. The first-order valence-corrected chi connectivity index (χ1v) is 9.54.